The SMILES string of the molecule is CC(O)c1ccc([Si](C)(C)C)cc1. The summed E-state index contributed by atoms with van der Waals surface area (Å²) in [5.74, 6) is 0. The van der Waals surface area contributed by atoms with E-state index in [4.69, 9.17) is 0 Å². The molecule has 0 fully saturated rings. The number of benzene rings is 1. The summed E-state index contributed by atoms with van der Waals surface area (Å²) in [4.78, 5) is 0. The molecule has 0 saturated heterocycles. The Morgan fingerprint density at radius 3 is 1.85 bits per heavy atom. The van der Waals surface area contributed by atoms with Crippen LogP contribution >= 0.6 is 0 Å². The first-order valence-electron chi connectivity index (χ1n) is 4.70. The van der Waals surface area contributed by atoms with E-state index in [2.05, 4.69) is 31.8 Å². The maximum absolute atomic E-state index is 9.33. The zero-order valence-corrected chi connectivity index (χ0v) is 9.83. The number of rotatable bonds is 2. The Morgan fingerprint density at radius 1 is 1.08 bits per heavy atom. The number of hydrogen-bond donors (Lipinski definition) is 1. The summed E-state index contributed by atoms with van der Waals surface area (Å²) in [5, 5.41) is 10.8. The number of aliphatic hydroxyl groups excluding tert-OH is 1. The molecule has 13 heavy (non-hydrogen) atoms. The Kier molecular flexibility index (Phi) is 2.93. The van der Waals surface area contributed by atoms with Gasteiger partial charge in [0.25, 0.3) is 0 Å². The Labute approximate surface area is 81.4 Å². The molecule has 0 aliphatic heterocycles. The maximum Gasteiger partial charge on any atom is 0.0775 e. The molecule has 1 aromatic carbocycles. The fourth-order valence-electron chi connectivity index (χ4n) is 1.26. The van der Waals surface area contributed by atoms with Crippen molar-refractivity contribution in [1.29, 1.82) is 0 Å². The minimum atomic E-state index is -1.17. The molecule has 0 saturated carbocycles. The van der Waals surface area contributed by atoms with Crippen molar-refractivity contribution in [2.45, 2.75) is 32.7 Å². The number of hydrogen-bond acceptors (Lipinski definition) is 1. The zero-order valence-electron chi connectivity index (χ0n) is 8.83. The predicted molar refractivity (Wildman–Crippen MR) is 60.1 cm³/mol. The van der Waals surface area contributed by atoms with Crippen LogP contribution in [0.15, 0.2) is 24.3 Å². The molecule has 0 amide bonds. The highest BCUT2D eigenvalue weighted by molar-refractivity contribution is 6.88. The third-order valence-corrected chi connectivity index (χ3v) is 4.32. The van der Waals surface area contributed by atoms with E-state index < -0.39 is 8.07 Å². The van der Waals surface area contributed by atoms with E-state index in [1.54, 1.807) is 6.92 Å². The number of aliphatic hydroxyl groups is 1. The largest absolute Gasteiger partial charge is 0.389 e. The molecule has 1 nitrogen and oxygen atoms in total. The van der Waals surface area contributed by atoms with E-state index in [1.165, 1.54) is 5.19 Å². The van der Waals surface area contributed by atoms with Gasteiger partial charge in [0.05, 0.1) is 14.2 Å². The van der Waals surface area contributed by atoms with Crippen molar-refractivity contribution in [2.75, 3.05) is 0 Å². The molecular formula is C11H18OSi. The van der Waals surface area contributed by atoms with Crippen LogP contribution in [0.25, 0.3) is 0 Å². The van der Waals surface area contributed by atoms with Crippen LogP contribution in [0.5, 0.6) is 0 Å². The quantitative estimate of drug-likeness (QED) is 0.716. The summed E-state index contributed by atoms with van der Waals surface area (Å²) < 4.78 is 0. The molecule has 2 heteroatoms. The third-order valence-electron chi connectivity index (χ3n) is 2.26. The lowest BCUT2D eigenvalue weighted by atomic mass is 10.1. The molecule has 1 unspecified atom stereocenters. The monoisotopic (exact) mass is 194 g/mol. The van der Waals surface area contributed by atoms with Crippen molar-refractivity contribution in [3.8, 4) is 0 Å². The molecule has 0 heterocycles. The van der Waals surface area contributed by atoms with Crippen LogP contribution in [-0.4, -0.2) is 13.2 Å². The molecule has 72 valence electrons. The van der Waals surface area contributed by atoms with E-state index in [1.807, 2.05) is 12.1 Å². The van der Waals surface area contributed by atoms with Gasteiger partial charge in [-0.25, -0.2) is 0 Å². The van der Waals surface area contributed by atoms with Crippen LogP contribution in [0.4, 0.5) is 0 Å². The lowest BCUT2D eigenvalue weighted by Gasteiger charge is -2.17. The van der Waals surface area contributed by atoms with Gasteiger partial charge in [0.2, 0.25) is 0 Å². The van der Waals surface area contributed by atoms with Crippen molar-refractivity contribution in [3.63, 3.8) is 0 Å². The van der Waals surface area contributed by atoms with Crippen LogP contribution in [0.2, 0.25) is 19.6 Å². The summed E-state index contributed by atoms with van der Waals surface area (Å²) in [5.41, 5.74) is 1.00. The maximum atomic E-state index is 9.33. The molecule has 1 atom stereocenters. The first kappa shape index (κ1) is 10.5. The smallest absolute Gasteiger partial charge is 0.0775 e. The summed E-state index contributed by atoms with van der Waals surface area (Å²) in [6.45, 7) is 8.77. The van der Waals surface area contributed by atoms with Crippen LogP contribution < -0.4 is 5.19 Å². The Hall–Kier alpha value is -0.603. The molecule has 1 rings (SSSR count). The summed E-state index contributed by atoms with van der Waals surface area (Å²) in [6, 6.07) is 8.35. The summed E-state index contributed by atoms with van der Waals surface area (Å²) in [7, 11) is -1.17. The highest BCUT2D eigenvalue weighted by Gasteiger charge is 2.15. The molecule has 1 aromatic rings. The first-order chi connectivity index (χ1) is 5.91. The minimum absolute atomic E-state index is 0.351. The van der Waals surface area contributed by atoms with Crippen molar-refractivity contribution in [2.24, 2.45) is 0 Å². The topological polar surface area (TPSA) is 20.2 Å². The predicted octanol–water partition coefficient (Wildman–Crippen LogP) is 2.29. The molecule has 1 N–H and O–H groups in total. The van der Waals surface area contributed by atoms with Crippen molar-refractivity contribution in [3.05, 3.63) is 29.8 Å². The van der Waals surface area contributed by atoms with Gasteiger partial charge < -0.3 is 5.11 Å². The van der Waals surface area contributed by atoms with Crippen molar-refractivity contribution in [1.82, 2.24) is 0 Å². The fraction of sp³-hybridized carbons (Fsp3) is 0.455. The second-order valence-corrected chi connectivity index (χ2v) is 9.63. The zero-order chi connectivity index (χ0) is 10.1. The van der Waals surface area contributed by atoms with Gasteiger partial charge in [-0.05, 0) is 12.5 Å². The van der Waals surface area contributed by atoms with Gasteiger partial charge in [-0.3, -0.25) is 0 Å². The van der Waals surface area contributed by atoms with E-state index >= 15 is 0 Å². The van der Waals surface area contributed by atoms with E-state index in [0.29, 0.717) is 0 Å². The molecule has 0 aliphatic carbocycles. The lowest BCUT2D eigenvalue weighted by molar-refractivity contribution is 0.199. The Bertz CT molecular complexity index is 269. The molecule has 0 radical (unpaired) electrons. The van der Waals surface area contributed by atoms with E-state index in [9.17, 15) is 5.11 Å². The van der Waals surface area contributed by atoms with Gasteiger partial charge in [0.1, 0.15) is 0 Å². The minimum Gasteiger partial charge on any atom is -0.389 e. The molecule has 0 aromatic heterocycles. The second kappa shape index (κ2) is 3.64. The summed E-state index contributed by atoms with van der Waals surface area (Å²) in [6.07, 6.45) is -0.351. The molecular weight excluding hydrogens is 176 g/mol. The highest BCUT2D eigenvalue weighted by Crippen LogP contribution is 2.11. The summed E-state index contributed by atoms with van der Waals surface area (Å²) >= 11 is 0. The van der Waals surface area contributed by atoms with E-state index in [0.717, 1.165) is 5.56 Å². The third kappa shape index (κ3) is 2.67. The Morgan fingerprint density at radius 2 is 1.54 bits per heavy atom. The van der Waals surface area contributed by atoms with E-state index in [-0.39, 0.29) is 6.10 Å². The average Bonchev–Trinajstić information content (AvgIpc) is 2.03. The van der Waals surface area contributed by atoms with Gasteiger partial charge in [-0.2, -0.15) is 0 Å². The van der Waals surface area contributed by atoms with Crippen LogP contribution in [-0.2, 0) is 0 Å². The average molecular weight is 194 g/mol. The van der Waals surface area contributed by atoms with Crippen LogP contribution in [0, 0.1) is 0 Å². The van der Waals surface area contributed by atoms with Crippen LogP contribution in [0.3, 0.4) is 0 Å². The highest BCUT2D eigenvalue weighted by atomic mass is 28.3. The first-order valence-corrected chi connectivity index (χ1v) is 8.20. The van der Waals surface area contributed by atoms with Crippen LogP contribution in [0.1, 0.15) is 18.6 Å². The van der Waals surface area contributed by atoms with Gasteiger partial charge in [-0.1, -0.05) is 49.1 Å². The van der Waals surface area contributed by atoms with Gasteiger partial charge >= 0.3 is 0 Å². The van der Waals surface area contributed by atoms with Crippen molar-refractivity contribution < 1.29 is 5.11 Å². The molecule has 0 aliphatic rings. The Balaban J connectivity index is 2.94. The molecule has 0 bridgehead atoms. The van der Waals surface area contributed by atoms with Gasteiger partial charge in [0, 0.05) is 0 Å². The second-order valence-electron chi connectivity index (χ2n) is 4.55. The fourth-order valence-corrected chi connectivity index (χ4v) is 2.43. The molecule has 0 spiro atoms. The normalized spacial score (nSPS) is 14.2. The van der Waals surface area contributed by atoms with Crippen molar-refractivity contribution >= 4 is 13.3 Å². The van der Waals surface area contributed by atoms with Gasteiger partial charge in [0.15, 0.2) is 0 Å². The van der Waals surface area contributed by atoms with Gasteiger partial charge in [-0.15, -0.1) is 0 Å². The standard InChI is InChI=1S/C11H18OSi/c1-9(12)10-5-7-11(8-6-10)13(2,3)4/h5-9,12H,1-4H3. The lowest BCUT2D eigenvalue weighted by Crippen LogP contribution is -2.37.